The van der Waals surface area contributed by atoms with Gasteiger partial charge in [-0.3, -0.25) is 10.1 Å². The van der Waals surface area contributed by atoms with Gasteiger partial charge in [0.1, 0.15) is 0 Å². The maximum atomic E-state index is 11.6. The molecule has 0 aromatic rings. The molecule has 0 radical (unpaired) electrons. The number of carbonyl (C=O) groups is 1. The average Bonchev–Trinajstić information content (AvgIpc) is 2.69. The Labute approximate surface area is 113 Å². The smallest absolute Gasteiger partial charge is 0.238 e. The summed E-state index contributed by atoms with van der Waals surface area (Å²) in [6.45, 7) is 3.33. The fourth-order valence-corrected chi connectivity index (χ4v) is 3.47. The minimum atomic E-state index is -3.03. The van der Waals surface area contributed by atoms with Crippen LogP contribution >= 0.6 is 24.2 Å². The summed E-state index contributed by atoms with van der Waals surface area (Å²) in [5.74, 6) is 1.54. The fourth-order valence-electron chi connectivity index (χ4n) is 1.45. The van der Waals surface area contributed by atoms with E-state index in [1.165, 1.54) is 0 Å². The molecule has 1 aliphatic rings. The zero-order chi connectivity index (χ0) is 12.2. The number of hydrogen-bond donors (Lipinski definition) is 2. The molecule has 0 spiro atoms. The predicted octanol–water partition coefficient (Wildman–Crippen LogP) is 0.0101. The van der Waals surface area contributed by atoms with Gasteiger partial charge in [0.05, 0.1) is 11.8 Å². The quantitative estimate of drug-likeness (QED) is 0.748. The van der Waals surface area contributed by atoms with Crippen molar-refractivity contribution in [3.63, 3.8) is 0 Å². The molecule has 2 atom stereocenters. The van der Waals surface area contributed by atoms with Gasteiger partial charge in [0.25, 0.3) is 0 Å². The van der Waals surface area contributed by atoms with Crippen LogP contribution in [0.25, 0.3) is 0 Å². The molecular formula is C9H19ClN2O3S2. The van der Waals surface area contributed by atoms with E-state index < -0.39 is 9.84 Å². The SMILES string of the molecule is CCS(=O)(=O)CC(C)NC(=O)C1CSCN1.Cl. The van der Waals surface area contributed by atoms with Crippen LogP contribution in [0.4, 0.5) is 0 Å². The molecule has 8 heteroatoms. The van der Waals surface area contributed by atoms with Crippen LogP contribution in [0.2, 0.25) is 0 Å². The molecule has 0 aromatic heterocycles. The lowest BCUT2D eigenvalue weighted by molar-refractivity contribution is -0.122. The monoisotopic (exact) mass is 302 g/mol. The third-order valence-electron chi connectivity index (χ3n) is 2.37. The van der Waals surface area contributed by atoms with E-state index in [0.29, 0.717) is 0 Å². The summed E-state index contributed by atoms with van der Waals surface area (Å²) in [5, 5.41) is 5.76. The number of amides is 1. The molecule has 0 aliphatic carbocycles. The Morgan fingerprint density at radius 1 is 1.59 bits per heavy atom. The molecule has 1 amide bonds. The molecule has 0 bridgehead atoms. The molecule has 1 fully saturated rings. The zero-order valence-corrected chi connectivity index (χ0v) is 12.4. The summed E-state index contributed by atoms with van der Waals surface area (Å²) < 4.78 is 22.7. The van der Waals surface area contributed by atoms with Crippen molar-refractivity contribution in [2.45, 2.75) is 25.9 Å². The van der Waals surface area contributed by atoms with Crippen molar-refractivity contribution in [2.75, 3.05) is 23.1 Å². The van der Waals surface area contributed by atoms with Crippen LogP contribution in [0.5, 0.6) is 0 Å². The Bertz CT molecular complexity index is 342. The second-order valence-corrected chi connectivity index (χ2v) is 7.31. The number of rotatable bonds is 5. The molecule has 1 heterocycles. The highest BCUT2D eigenvalue weighted by Crippen LogP contribution is 2.09. The summed E-state index contributed by atoms with van der Waals surface area (Å²) in [6.07, 6.45) is 0. The van der Waals surface area contributed by atoms with Crippen molar-refractivity contribution in [2.24, 2.45) is 0 Å². The number of thioether (sulfide) groups is 1. The third kappa shape index (κ3) is 5.94. The fraction of sp³-hybridized carbons (Fsp3) is 0.889. The van der Waals surface area contributed by atoms with E-state index in [4.69, 9.17) is 0 Å². The molecule has 1 rings (SSSR count). The Morgan fingerprint density at radius 3 is 2.71 bits per heavy atom. The molecule has 102 valence electrons. The topological polar surface area (TPSA) is 75.3 Å². The van der Waals surface area contributed by atoms with Crippen molar-refractivity contribution in [1.29, 1.82) is 0 Å². The van der Waals surface area contributed by atoms with Gasteiger partial charge in [-0.15, -0.1) is 24.2 Å². The normalized spacial score (nSPS) is 21.6. The molecule has 0 aromatic carbocycles. The first kappa shape index (κ1) is 17.0. The standard InChI is InChI=1S/C9H18N2O3S2.ClH/c1-3-16(13,14)5-7(2)11-9(12)8-4-15-6-10-8;/h7-8,10H,3-6H2,1-2H3,(H,11,12);1H. The van der Waals surface area contributed by atoms with Gasteiger partial charge in [-0.2, -0.15) is 0 Å². The molecule has 1 aliphatic heterocycles. The van der Waals surface area contributed by atoms with E-state index in [9.17, 15) is 13.2 Å². The summed E-state index contributed by atoms with van der Waals surface area (Å²) >= 11 is 1.67. The van der Waals surface area contributed by atoms with Crippen LogP contribution in [0.15, 0.2) is 0 Å². The number of hydrogen-bond acceptors (Lipinski definition) is 5. The van der Waals surface area contributed by atoms with Crippen molar-refractivity contribution in [3.05, 3.63) is 0 Å². The Kier molecular flexibility index (Phi) is 7.46. The average molecular weight is 303 g/mol. The Balaban J connectivity index is 0.00000256. The lowest BCUT2D eigenvalue weighted by Crippen LogP contribution is -2.47. The first-order valence-corrected chi connectivity index (χ1v) is 8.24. The van der Waals surface area contributed by atoms with Gasteiger partial charge in [0.15, 0.2) is 9.84 Å². The highest BCUT2D eigenvalue weighted by Gasteiger charge is 2.24. The van der Waals surface area contributed by atoms with Gasteiger partial charge in [0, 0.05) is 23.4 Å². The van der Waals surface area contributed by atoms with Crippen LogP contribution in [-0.2, 0) is 14.6 Å². The lowest BCUT2D eigenvalue weighted by Gasteiger charge is -2.16. The number of halogens is 1. The lowest BCUT2D eigenvalue weighted by atomic mass is 10.3. The first-order valence-electron chi connectivity index (χ1n) is 5.26. The van der Waals surface area contributed by atoms with Crippen LogP contribution in [-0.4, -0.2) is 49.5 Å². The highest BCUT2D eigenvalue weighted by molar-refractivity contribution is 7.99. The summed E-state index contributed by atoms with van der Waals surface area (Å²) in [5.41, 5.74) is 0. The molecule has 0 saturated carbocycles. The van der Waals surface area contributed by atoms with E-state index in [1.807, 2.05) is 0 Å². The minimum Gasteiger partial charge on any atom is -0.351 e. The van der Waals surface area contributed by atoms with Crippen molar-refractivity contribution < 1.29 is 13.2 Å². The number of nitrogens with one attached hydrogen (secondary N) is 2. The van der Waals surface area contributed by atoms with E-state index >= 15 is 0 Å². The molecular weight excluding hydrogens is 284 g/mol. The first-order chi connectivity index (χ1) is 7.44. The van der Waals surface area contributed by atoms with Crippen molar-refractivity contribution in [1.82, 2.24) is 10.6 Å². The second kappa shape index (κ2) is 7.45. The number of sulfone groups is 1. The summed E-state index contributed by atoms with van der Waals surface area (Å²) in [6, 6.07) is -0.512. The van der Waals surface area contributed by atoms with E-state index in [0.717, 1.165) is 11.6 Å². The number of carbonyl (C=O) groups excluding carboxylic acids is 1. The van der Waals surface area contributed by atoms with Gasteiger partial charge < -0.3 is 5.32 Å². The van der Waals surface area contributed by atoms with Crippen molar-refractivity contribution >= 4 is 39.9 Å². The van der Waals surface area contributed by atoms with Crippen LogP contribution in [0, 0.1) is 0 Å². The minimum absolute atomic E-state index is 0. The van der Waals surface area contributed by atoms with Crippen LogP contribution < -0.4 is 10.6 Å². The molecule has 5 nitrogen and oxygen atoms in total. The van der Waals surface area contributed by atoms with E-state index in [-0.39, 0.29) is 41.9 Å². The van der Waals surface area contributed by atoms with Gasteiger partial charge in [-0.25, -0.2) is 8.42 Å². The van der Waals surface area contributed by atoms with Gasteiger partial charge >= 0.3 is 0 Å². The summed E-state index contributed by atoms with van der Waals surface area (Å²) in [4.78, 5) is 11.6. The van der Waals surface area contributed by atoms with Crippen LogP contribution in [0.3, 0.4) is 0 Å². The molecule has 2 N–H and O–H groups in total. The Morgan fingerprint density at radius 2 is 2.24 bits per heavy atom. The maximum Gasteiger partial charge on any atom is 0.238 e. The highest BCUT2D eigenvalue weighted by atomic mass is 35.5. The van der Waals surface area contributed by atoms with E-state index in [1.54, 1.807) is 25.6 Å². The second-order valence-electron chi connectivity index (χ2n) is 3.88. The van der Waals surface area contributed by atoms with Gasteiger partial charge in [-0.05, 0) is 6.92 Å². The largest absolute Gasteiger partial charge is 0.351 e. The van der Waals surface area contributed by atoms with E-state index in [2.05, 4.69) is 10.6 Å². The molecule has 1 saturated heterocycles. The molecule has 2 unspecified atom stereocenters. The van der Waals surface area contributed by atoms with Crippen LogP contribution in [0.1, 0.15) is 13.8 Å². The molecule has 17 heavy (non-hydrogen) atoms. The van der Waals surface area contributed by atoms with Gasteiger partial charge in [-0.1, -0.05) is 6.92 Å². The zero-order valence-electron chi connectivity index (χ0n) is 9.93. The maximum absolute atomic E-state index is 11.6. The van der Waals surface area contributed by atoms with Gasteiger partial charge in [0.2, 0.25) is 5.91 Å². The van der Waals surface area contributed by atoms with Crippen molar-refractivity contribution in [3.8, 4) is 0 Å². The third-order valence-corrected chi connectivity index (χ3v) is 5.19. The summed E-state index contributed by atoms with van der Waals surface area (Å²) in [7, 11) is -3.03. The predicted molar refractivity (Wildman–Crippen MR) is 73.4 cm³/mol. The Hall–Kier alpha value is 0.0200.